The molecule has 27 heavy (non-hydrogen) atoms. The highest BCUT2D eigenvalue weighted by Crippen LogP contribution is 2.12. The highest BCUT2D eigenvalue weighted by atomic mass is 16.5. The van der Waals surface area contributed by atoms with Crippen molar-refractivity contribution in [1.29, 1.82) is 0 Å². The number of benzene rings is 1. The summed E-state index contributed by atoms with van der Waals surface area (Å²) in [7, 11) is 0. The molecule has 1 aromatic rings. The summed E-state index contributed by atoms with van der Waals surface area (Å²) in [6.07, 6.45) is 9.94. The fourth-order valence-electron chi connectivity index (χ4n) is 2.70. The van der Waals surface area contributed by atoms with Gasteiger partial charge in [0.1, 0.15) is 6.61 Å². The summed E-state index contributed by atoms with van der Waals surface area (Å²) in [5.74, 6) is -2.07. The van der Waals surface area contributed by atoms with Crippen molar-refractivity contribution < 1.29 is 24.5 Å². The minimum absolute atomic E-state index is 0.321. The van der Waals surface area contributed by atoms with Crippen molar-refractivity contribution in [1.82, 2.24) is 0 Å². The largest absolute Gasteiger partial charge is 0.479 e. The van der Waals surface area contributed by atoms with Gasteiger partial charge in [-0.2, -0.15) is 0 Å². The smallest absolute Gasteiger partial charge is 0.338 e. The molecule has 1 aromatic carbocycles. The third-order valence-electron chi connectivity index (χ3n) is 4.39. The van der Waals surface area contributed by atoms with E-state index in [-0.39, 0.29) is 0 Å². The molecule has 0 aliphatic heterocycles. The number of aliphatic hydroxyl groups is 1. The zero-order valence-corrected chi connectivity index (χ0v) is 16.3. The zero-order chi connectivity index (χ0) is 19.9. The van der Waals surface area contributed by atoms with Crippen LogP contribution in [-0.2, 0) is 9.53 Å². The molecular weight excluding hydrogens is 346 g/mol. The third kappa shape index (κ3) is 10.6. The Balaban J connectivity index is 2.14. The maximum absolute atomic E-state index is 11.8. The first-order valence-electron chi connectivity index (χ1n) is 9.96. The van der Waals surface area contributed by atoms with E-state index in [0.29, 0.717) is 5.56 Å². The SMILES string of the molecule is CCCCCCCCCCCNc1ccc(C(=O)OCC(O)C(=O)O)cc1. The molecule has 0 aliphatic carbocycles. The molecule has 0 saturated carbocycles. The van der Waals surface area contributed by atoms with Crippen molar-refractivity contribution in [3.05, 3.63) is 29.8 Å². The summed E-state index contributed by atoms with van der Waals surface area (Å²) in [6, 6.07) is 6.82. The number of aliphatic hydroxyl groups excluding tert-OH is 1. The van der Waals surface area contributed by atoms with Crippen LogP contribution >= 0.6 is 0 Å². The second-order valence-corrected chi connectivity index (χ2v) is 6.79. The van der Waals surface area contributed by atoms with E-state index in [1.165, 1.54) is 51.4 Å². The standard InChI is InChI=1S/C21H33NO5/c1-2-3-4-5-6-7-8-9-10-15-22-18-13-11-17(12-14-18)21(26)27-16-19(23)20(24)25/h11-14,19,22-23H,2-10,15-16H2,1H3,(H,24,25). The van der Waals surface area contributed by atoms with Gasteiger partial charge in [0.05, 0.1) is 5.56 Å². The first-order valence-corrected chi connectivity index (χ1v) is 9.96. The van der Waals surface area contributed by atoms with Crippen LogP contribution in [-0.4, -0.2) is 41.4 Å². The fraction of sp³-hybridized carbons (Fsp3) is 0.619. The van der Waals surface area contributed by atoms with Crippen LogP contribution in [0.4, 0.5) is 5.69 Å². The number of ether oxygens (including phenoxy) is 1. The Morgan fingerprint density at radius 3 is 2.07 bits per heavy atom. The van der Waals surface area contributed by atoms with Crippen molar-refractivity contribution in [2.75, 3.05) is 18.5 Å². The number of carboxylic acid groups (broad SMARTS) is 1. The molecule has 6 nitrogen and oxygen atoms in total. The number of carbonyl (C=O) groups excluding carboxylic acids is 1. The van der Waals surface area contributed by atoms with Crippen LogP contribution < -0.4 is 5.32 Å². The molecule has 152 valence electrons. The molecule has 0 bridgehead atoms. The molecule has 0 aromatic heterocycles. The monoisotopic (exact) mass is 379 g/mol. The van der Waals surface area contributed by atoms with Crippen molar-refractivity contribution in [2.45, 2.75) is 70.8 Å². The first kappa shape index (κ1) is 23.0. The second-order valence-electron chi connectivity index (χ2n) is 6.79. The van der Waals surface area contributed by atoms with Gasteiger partial charge in [-0.25, -0.2) is 9.59 Å². The van der Waals surface area contributed by atoms with Crippen molar-refractivity contribution >= 4 is 17.6 Å². The number of hydrogen-bond donors (Lipinski definition) is 3. The highest BCUT2D eigenvalue weighted by Gasteiger charge is 2.16. The van der Waals surface area contributed by atoms with Crippen LogP contribution in [0.1, 0.15) is 75.1 Å². The van der Waals surface area contributed by atoms with Crippen LogP contribution in [0.15, 0.2) is 24.3 Å². The van der Waals surface area contributed by atoms with Crippen molar-refractivity contribution in [3.63, 3.8) is 0 Å². The molecule has 1 rings (SSSR count). The fourth-order valence-corrected chi connectivity index (χ4v) is 2.70. The predicted molar refractivity (Wildman–Crippen MR) is 106 cm³/mol. The Labute approximate surface area is 161 Å². The summed E-state index contributed by atoms with van der Waals surface area (Å²) in [5.41, 5.74) is 1.25. The highest BCUT2D eigenvalue weighted by molar-refractivity contribution is 5.90. The Morgan fingerprint density at radius 1 is 0.963 bits per heavy atom. The average molecular weight is 379 g/mol. The summed E-state index contributed by atoms with van der Waals surface area (Å²) in [6.45, 7) is 2.57. The van der Waals surface area contributed by atoms with Crippen molar-refractivity contribution in [3.8, 4) is 0 Å². The van der Waals surface area contributed by atoms with Gasteiger partial charge in [-0.1, -0.05) is 58.3 Å². The van der Waals surface area contributed by atoms with E-state index in [1.807, 2.05) is 0 Å². The Bertz CT molecular complexity index is 544. The summed E-state index contributed by atoms with van der Waals surface area (Å²) >= 11 is 0. The second kappa shape index (κ2) is 14.0. The summed E-state index contributed by atoms with van der Waals surface area (Å²) in [5, 5.41) is 21.0. The molecular formula is C21H33NO5. The van der Waals surface area contributed by atoms with Gasteiger partial charge >= 0.3 is 11.9 Å². The molecule has 0 heterocycles. The number of nitrogens with one attached hydrogen (secondary N) is 1. The number of esters is 1. The lowest BCUT2D eigenvalue weighted by Gasteiger charge is -2.09. The average Bonchev–Trinajstić information content (AvgIpc) is 2.67. The molecule has 0 radical (unpaired) electrons. The number of carboxylic acids is 1. The van der Waals surface area contributed by atoms with Crippen LogP contribution in [0.25, 0.3) is 0 Å². The van der Waals surface area contributed by atoms with Gasteiger partial charge in [0.2, 0.25) is 0 Å². The van der Waals surface area contributed by atoms with E-state index in [4.69, 9.17) is 14.9 Å². The topological polar surface area (TPSA) is 95.9 Å². The minimum atomic E-state index is -1.70. The third-order valence-corrected chi connectivity index (χ3v) is 4.39. The van der Waals surface area contributed by atoms with Crippen LogP contribution in [0, 0.1) is 0 Å². The molecule has 0 amide bonds. The van der Waals surface area contributed by atoms with Crippen molar-refractivity contribution in [2.24, 2.45) is 0 Å². The summed E-state index contributed by atoms with van der Waals surface area (Å²) < 4.78 is 4.77. The Hall–Kier alpha value is -2.08. The Kier molecular flexibility index (Phi) is 11.9. The lowest BCUT2D eigenvalue weighted by Crippen LogP contribution is -2.26. The minimum Gasteiger partial charge on any atom is -0.479 e. The van der Waals surface area contributed by atoms with Crippen LogP contribution in [0.2, 0.25) is 0 Å². The van der Waals surface area contributed by atoms with E-state index >= 15 is 0 Å². The maximum atomic E-state index is 11.8. The van der Waals surface area contributed by atoms with E-state index in [2.05, 4.69) is 12.2 Å². The number of anilines is 1. The van der Waals surface area contributed by atoms with Gasteiger partial charge in [0.15, 0.2) is 6.10 Å². The molecule has 0 aliphatic rings. The lowest BCUT2D eigenvalue weighted by atomic mass is 10.1. The number of rotatable bonds is 15. The molecule has 1 unspecified atom stereocenters. The van der Waals surface area contributed by atoms with E-state index in [1.54, 1.807) is 24.3 Å². The Morgan fingerprint density at radius 2 is 1.52 bits per heavy atom. The normalized spacial score (nSPS) is 11.8. The van der Waals surface area contributed by atoms with E-state index in [0.717, 1.165) is 18.7 Å². The lowest BCUT2D eigenvalue weighted by molar-refractivity contribution is -0.148. The van der Waals surface area contributed by atoms with Gasteiger partial charge in [0, 0.05) is 12.2 Å². The zero-order valence-electron chi connectivity index (χ0n) is 16.3. The quantitative estimate of drug-likeness (QED) is 0.312. The molecule has 0 spiro atoms. The predicted octanol–water partition coefficient (Wildman–Crippen LogP) is 4.23. The summed E-state index contributed by atoms with van der Waals surface area (Å²) in [4.78, 5) is 22.3. The van der Waals surface area contributed by atoms with Gasteiger partial charge in [-0.15, -0.1) is 0 Å². The van der Waals surface area contributed by atoms with Crippen LogP contribution in [0.3, 0.4) is 0 Å². The number of hydrogen-bond acceptors (Lipinski definition) is 5. The number of carbonyl (C=O) groups is 2. The molecule has 0 saturated heterocycles. The molecule has 0 fully saturated rings. The van der Waals surface area contributed by atoms with Gasteiger partial charge in [-0.3, -0.25) is 0 Å². The first-order chi connectivity index (χ1) is 13.0. The molecule has 6 heteroatoms. The number of unbranched alkanes of at least 4 members (excludes halogenated alkanes) is 8. The maximum Gasteiger partial charge on any atom is 0.338 e. The van der Waals surface area contributed by atoms with Gasteiger partial charge in [-0.05, 0) is 30.7 Å². The molecule has 1 atom stereocenters. The van der Waals surface area contributed by atoms with Gasteiger partial charge in [0.25, 0.3) is 0 Å². The number of aliphatic carboxylic acids is 1. The van der Waals surface area contributed by atoms with E-state index < -0.39 is 24.6 Å². The molecule has 3 N–H and O–H groups in total. The van der Waals surface area contributed by atoms with Crippen LogP contribution in [0.5, 0.6) is 0 Å². The van der Waals surface area contributed by atoms with Gasteiger partial charge < -0.3 is 20.3 Å². The van der Waals surface area contributed by atoms with E-state index in [9.17, 15) is 9.59 Å².